The van der Waals surface area contributed by atoms with Gasteiger partial charge in [-0.2, -0.15) is 0 Å². The van der Waals surface area contributed by atoms with Gasteiger partial charge < -0.3 is 5.32 Å². The maximum Gasteiger partial charge on any atom is 0.221 e. The van der Waals surface area contributed by atoms with E-state index in [2.05, 4.69) is 48.6 Å². The van der Waals surface area contributed by atoms with Crippen molar-refractivity contribution in [1.82, 2.24) is 5.32 Å². The van der Waals surface area contributed by atoms with Crippen molar-refractivity contribution in [2.45, 2.75) is 31.2 Å². The first-order valence-corrected chi connectivity index (χ1v) is 8.17. The average molecular weight is 299 g/mol. The standard InChI is InChI=1S/C18H21NOS/c1-14-8-10-16(11-9-14)15(2)19-18(20)12-13-21-17-6-4-3-5-7-17/h3-11,15H,12-13H2,1-2H3,(H,19,20)/t15-/m1/s1. The number of aryl methyl sites for hydroxylation is 1. The summed E-state index contributed by atoms with van der Waals surface area (Å²) < 4.78 is 0. The van der Waals surface area contributed by atoms with E-state index in [1.54, 1.807) is 11.8 Å². The van der Waals surface area contributed by atoms with E-state index in [0.29, 0.717) is 6.42 Å². The number of benzene rings is 2. The normalized spacial score (nSPS) is 11.9. The molecule has 0 aliphatic heterocycles. The zero-order valence-corrected chi connectivity index (χ0v) is 13.3. The third-order valence-corrected chi connectivity index (χ3v) is 4.31. The molecular weight excluding hydrogens is 278 g/mol. The number of hydrogen-bond acceptors (Lipinski definition) is 2. The van der Waals surface area contributed by atoms with Gasteiger partial charge in [-0.05, 0) is 31.5 Å². The van der Waals surface area contributed by atoms with E-state index in [1.165, 1.54) is 10.5 Å². The van der Waals surface area contributed by atoms with E-state index >= 15 is 0 Å². The third kappa shape index (κ3) is 5.27. The molecule has 0 radical (unpaired) electrons. The van der Waals surface area contributed by atoms with Gasteiger partial charge in [0.15, 0.2) is 0 Å². The smallest absolute Gasteiger partial charge is 0.221 e. The molecule has 0 aromatic heterocycles. The van der Waals surface area contributed by atoms with Crippen LogP contribution in [0.3, 0.4) is 0 Å². The van der Waals surface area contributed by atoms with E-state index < -0.39 is 0 Å². The van der Waals surface area contributed by atoms with Crippen LogP contribution in [-0.4, -0.2) is 11.7 Å². The van der Waals surface area contributed by atoms with Gasteiger partial charge in [-0.15, -0.1) is 11.8 Å². The zero-order chi connectivity index (χ0) is 15.1. The van der Waals surface area contributed by atoms with Crippen LogP contribution in [0.25, 0.3) is 0 Å². The molecule has 0 bridgehead atoms. The van der Waals surface area contributed by atoms with E-state index in [1.807, 2.05) is 25.1 Å². The van der Waals surface area contributed by atoms with Gasteiger partial charge >= 0.3 is 0 Å². The minimum absolute atomic E-state index is 0.0554. The summed E-state index contributed by atoms with van der Waals surface area (Å²) in [4.78, 5) is 13.2. The summed E-state index contributed by atoms with van der Waals surface area (Å²) in [7, 11) is 0. The molecule has 1 atom stereocenters. The molecule has 0 heterocycles. The molecule has 2 rings (SSSR count). The van der Waals surface area contributed by atoms with Crippen molar-refractivity contribution in [3.8, 4) is 0 Å². The molecule has 0 saturated carbocycles. The predicted molar refractivity (Wildman–Crippen MR) is 89.5 cm³/mol. The lowest BCUT2D eigenvalue weighted by Gasteiger charge is -2.14. The Bertz CT molecular complexity index is 566. The Balaban J connectivity index is 1.75. The van der Waals surface area contributed by atoms with E-state index in [0.717, 1.165) is 11.3 Å². The van der Waals surface area contributed by atoms with Gasteiger partial charge in [0, 0.05) is 17.1 Å². The minimum Gasteiger partial charge on any atom is -0.350 e. The van der Waals surface area contributed by atoms with Gasteiger partial charge in [0.1, 0.15) is 0 Å². The SMILES string of the molecule is Cc1ccc([C@@H](C)NC(=O)CCSc2ccccc2)cc1. The fraction of sp³-hybridized carbons (Fsp3) is 0.278. The highest BCUT2D eigenvalue weighted by Crippen LogP contribution is 2.18. The quantitative estimate of drug-likeness (QED) is 0.803. The van der Waals surface area contributed by atoms with Crippen LogP contribution >= 0.6 is 11.8 Å². The summed E-state index contributed by atoms with van der Waals surface area (Å²) in [6.45, 7) is 4.08. The van der Waals surface area contributed by atoms with Crippen molar-refractivity contribution in [3.05, 3.63) is 65.7 Å². The van der Waals surface area contributed by atoms with Gasteiger partial charge in [-0.25, -0.2) is 0 Å². The van der Waals surface area contributed by atoms with Crippen LogP contribution in [0, 0.1) is 6.92 Å². The van der Waals surface area contributed by atoms with Crippen LogP contribution in [-0.2, 0) is 4.79 Å². The Kier molecular flexibility index (Phi) is 5.88. The van der Waals surface area contributed by atoms with Gasteiger partial charge in [-0.3, -0.25) is 4.79 Å². The number of rotatable bonds is 6. The second kappa shape index (κ2) is 7.89. The number of carbonyl (C=O) groups is 1. The maximum atomic E-state index is 12.0. The molecular formula is C18H21NOS. The summed E-state index contributed by atoms with van der Waals surface area (Å²) in [6, 6.07) is 18.5. The summed E-state index contributed by atoms with van der Waals surface area (Å²) >= 11 is 1.71. The van der Waals surface area contributed by atoms with Crippen molar-refractivity contribution in [2.24, 2.45) is 0 Å². The Morgan fingerprint density at radius 2 is 1.76 bits per heavy atom. The van der Waals surface area contributed by atoms with Gasteiger partial charge in [-0.1, -0.05) is 48.0 Å². The summed E-state index contributed by atoms with van der Waals surface area (Å²) in [6.07, 6.45) is 0.537. The molecule has 0 aliphatic rings. The third-order valence-electron chi connectivity index (χ3n) is 3.30. The zero-order valence-electron chi connectivity index (χ0n) is 12.5. The number of thioether (sulfide) groups is 1. The molecule has 1 amide bonds. The number of carbonyl (C=O) groups excluding carboxylic acids is 1. The summed E-state index contributed by atoms with van der Waals surface area (Å²) in [5.41, 5.74) is 2.38. The first-order valence-electron chi connectivity index (χ1n) is 7.19. The van der Waals surface area contributed by atoms with Gasteiger partial charge in [0.05, 0.1) is 6.04 Å². The molecule has 3 heteroatoms. The first kappa shape index (κ1) is 15.6. The molecule has 0 unspecified atom stereocenters. The lowest BCUT2D eigenvalue weighted by Crippen LogP contribution is -2.26. The summed E-state index contributed by atoms with van der Waals surface area (Å²) in [5.74, 6) is 0.905. The largest absolute Gasteiger partial charge is 0.350 e. The molecule has 2 aromatic carbocycles. The van der Waals surface area contributed by atoms with Crippen molar-refractivity contribution in [3.63, 3.8) is 0 Å². The Hall–Kier alpha value is -1.74. The number of amides is 1. The predicted octanol–water partition coefficient (Wildman–Crippen LogP) is 4.35. The van der Waals surface area contributed by atoms with Crippen LogP contribution in [0.1, 0.15) is 30.5 Å². The molecule has 110 valence electrons. The van der Waals surface area contributed by atoms with Crippen molar-refractivity contribution >= 4 is 17.7 Å². The molecule has 0 fully saturated rings. The van der Waals surface area contributed by atoms with Gasteiger partial charge in [0.25, 0.3) is 0 Å². The highest BCUT2D eigenvalue weighted by Gasteiger charge is 2.09. The van der Waals surface area contributed by atoms with Gasteiger partial charge in [0.2, 0.25) is 5.91 Å². The van der Waals surface area contributed by atoms with E-state index in [4.69, 9.17) is 0 Å². The molecule has 21 heavy (non-hydrogen) atoms. The fourth-order valence-electron chi connectivity index (χ4n) is 2.03. The lowest BCUT2D eigenvalue weighted by molar-refractivity contribution is -0.121. The lowest BCUT2D eigenvalue weighted by atomic mass is 10.1. The monoisotopic (exact) mass is 299 g/mol. The van der Waals surface area contributed by atoms with Crippen molar-refractivity contribution in [2.75, 3.05) is 5.75 Å². The first-order chi connectivity index (χ1) is 10.1. The van der Waals surface area contributed by atoms with E-state index in [9.17, 15) is 4.79 Å². The molecule has 2 nitrogen and oxygen atoms in total. The Labute approximate surface area is 131 Å². The molecule has 0 saturated heterocycles. The maximum absolute atomic E-state index is 12.0. The van der Waals surface area contributed by atoms with Crippen molar-refractivity contribution < 1.29 is 4.79 Å². The molecule has 0 spiro atoms. The minimum atomic E-state index is 0.0554. The average Bonchev–Trinajstić information content (AvgIpc) is 2.49. The Morgan fingerprint density at radius 1 is 1.10 bits per heavy atom. The van der Waals surface area contributed by atoms with Crippen LogP contribution in [0.4, 0.5) is 0 Å². The van der Waals surface area contributed by atoms with Crippen LogP contribution in [0.2, 0.25) is 0 Å². The number of nitrogens with one attached hydrogen (secondary N) is 1. The summed E-state index contributed by atoms with van der Waals surface area (Å²) in [5, 5.41) is 3.05. The number of hydrogen-bond donors (Lipinski definition) is 1. The van der Waals surface area contributed by atoms with E-state index in [-0.39, 0.29) is 11.9 Å². The molecule has 1 N–H and O–H groups in total. The van der Waals surface area contributed by atoms with Crippen LogP contribution in [0.15, 0.2) is 59.5 Å². The Morgan fingerprint density at radius 3 is 2.43 bits per heavy atom. The second-order valence-corrected chi connectivity index (χ2v) is 6.28. The highest BCUT2D eigenvalue weighted by atomic mass is 32.2. The topological polar surface area (TPSA) is 29.1 Å². The molecule has 0 aliphatic carbocycles. The highest BCUT2D eigenvalue weighted by molar-refractivity contribution is 7.99. The fourth-order valence-corrected chi connectivity index (χ4v) is 2.90. The van der Waals surface area contributed by atoms with Crippen LogP contribution < -0.4 is 5.32 Å². The molecule has 2 aromatic rings. The van der Waals surface area contributed by atoms with Crippen molar-refractivity contribution in [1.29, 1.82) is 0 Å². The second-order valence-electron chi connectivity index (χ2n) is 5.11. The van der Waals surface area contributed by atoms with Crippen LogP contribution in [0.5, 0.6) is 0 Å².